The Bertz CT molecular complexity index is 429. The SMILES string of the molecule is CCc1nn(C)c(CN2CCC(C)CC2CN)c1Cl. The smallest absolute Gasteiger partial charge is 0.0863 e. The summed E-state index contributed by atoms with van der Waals surface area (Å²) in [4.78, 5) is 2.46. The van der Waals surface area contributed by atoms with Crippen molar-refractivity contribution < 1.29 is 0 Å². The number of hydrogen-bond donors (Lipinski definition) is 1. The topological polar surface area (TPSA) is 47.1 Å². The summed E-state index contributed by atoms with van der Waals surface area (Å²) in [6.07, 6.45) is 3.31. The number of likely N-dealkylation sites (tertiary alicyclic amines) is 1. The van der Waals surface area contributed by atoms with E-state index in [1.807, 2.05) is 11.7 Å². The highest BCUT2D eigenvalue weighted by atomic mass is 35.5. The molecule has 1 aromatic heterocycles. The van der Waals surface area contributed by atoms with Gasteiger partial charge in [-0.2, -0.15) is 5.10 Å². The molecule has 1 aliphatic rings. The molecule has 0 aromatic carbocycles. The molecule has 2 rings (SSSR count). The van der Waals surface area contributed by atoms with E-state index in [1.54, 1.807) is 0 Å². The van der Waals surface area contributed by atoms with Gasteiger partial charge >= 0.3 is 0 Å². The molecular formula is C14H25ClN4. The van der Waals surface area contributed by atoms with Crippen molar-refractivity contribution in [2.24, 2.45) is 18.7 Å². The number of piperidine rings is 1. The van der Waals surface area contributed by atoms with Gasteiger partial charge in [0.2, 0.25) is 0 Å². The maximum absolute atomic E-state index is 6.43. The standard InChI is InChI=1S/C14H25ClN4/c1-4-12-14(15)13(18(3)17-12)9-19-6-5-10(2)7-11(19)8-16/h10-11H,4-9,16H2,1-3H3. The fourth-order valence-corrected chi connectivity index (χ4v) is 3.29. The van der Waals surface area contributed by atoms with Crippen molar-refractivity contribution in [1.29, 1.82) is 0 Å². The predicted molar refractivity (Wildman–Crippen MR) is 79.2 cm³/mol. The van der Waals surface area contributed by atoms with Crippen LogP contribution in [0.5, 0.6) is 0 Å². The van der Waals surface area contributed by atoms with Crippen LogP contribution < -0.4 is 5.73 Å². The zero-order valence-electron chi connectivity index (χ0n) is 12.2. The average Bonchev–Trinajstić information content (AvgIpc) is 2.67. The van der Waals surface area contributed by atoms with Crippen molar-refractivity contribution in [3.05, 3.63) is 16.4 Å². The Morgan fingerprint density at radius 2 is 2.21 bits per heavy atom. The van der Waals surface area contributed by atoms with Gasteiger partial charge in [-0.1, -0.05) is 25.4 Å². The van der Waals surface area contributed by atoms with E-state index >= 15 is 0 Å². The van der Waals surface area contributed by atoms with Crippen LogP contribution in [0, 0.1) is 5.92 Å². The van der Waals surface area contributed by atoms with E-state index in [0.717, 1.165) is 48.4 Å². The van der Waals surface area contributed by atoms with Gasteiger partial charge in [0.1, 0.15) is 0 Å². The first-order valence-electron chi connectivity index (χ1n) is 7.21. The Morgan fingerprint density at radius 1 is 1.47 bits per heavy atom. The minimum Gasteiger partial charge on any atom is -0.329 e. The third-order valence-electron chi connectivity index (χ3n) is 4.23. The number of rotatable bonds is 4. The maximum atomic E-state index is 6.43. The van der Waals surface area contributed by atoms with Gasteiger partial charge in [0.05, 0.1) is 16.4 Å². The molecule has 1 aliphatic heterocycles. The van der Waals surface area contributed by atoms with Gasteiger partial charge in [0.15, 0.2) is 0 Å². The largest absolute Gasteiger partial charge is 0.329 e. The molecule has 0 saturated carbocycles. The van der Waals surface area contributed by atoms with Crippen LogP contribution in [0.1, 0.15) is 38.1 Å². The quantitative estimate of drug-likeness (QED) is 0.922. The zero-order chi connectivity index (χ0) is 14.0. The second kappa shape index (κ2) is 6.25. The van der Waals surface area contributed by atoms with Crippen LogP contribution in [0.15, 0.2) is 0 Å². The van der Waals surface area contributed by atoms with Gasteiger partial charge in [-0.05, 0) is 31.7 Å². The first kappa shape index (κ1) is 14.8. The van der Waals surface area contributed by atoms with Crippen molar-refractivity contribution in [2.45, 2.75) is 45.7 Å². The van der Waals surface area contributed by atoms with E-state index in [9.17, 15) is 0 Å². The fourth-order valence-electron chi connectivity index (χ4n) is 2.94. The summed E-state index contributed by atoms with van der Waals surface area (Å²) >= 11 is 6.43. The third kappa shape index (κ3) is 3.12. The molecule has 19 heavy (non-hydrogen) atoms. The summed E-state index contributed by atoms with van der Waals surface area (Å²) in [6.45, 7) is 7.08. The van der Waals surface area contributed by atoms with Crippen molar-refractivity contribution >= 4 is 11.6 Å². The minimum atomic E-state index is 0.472. The number of aromatic nitrogens is 2. The van der Waals surface area contributed by atoms with Gasteiger partial charge in [-0.3, -0.25) is 9.58 Å². The number of aryl methyl sites for hydroxylation is 2. The van der Waals surface area contributed by atoms with Gasteiger partial charge in [-0.25, -0.2) is 0 Å². The van der Waals surface area contributed by atoms with Gasteiger partial charge < -0.3 is 5.73 Å². The molecule has 5 heteroatoms. The number of nitrogens with two attached hydrogens (primary N) is 1. The first-order valence-corrected chi connectivity index (χ1v) is 7.58. The summed E-state index contributed by atoms with van der Waals surface area (Å²) in [5.41, 5.74) is 8.03. The zero-order valence-corrected chi connectivity index (χ0v) is 13.0. The van der Waals surface area contributed by atoms with E-state index < -0.39 is 0 Å². The number of nitrogens with zero attached hydrogens (tertiary/aromatic N) is 3. The highest BCUT2D eigenvalue weighted by Crippen LogP contribution is 2.27. The third-order valence-corrected chi connectivity index (χ3v) is 4.66. The van der Waals surface area contributed by atoms with E-state index in [1.165, 1.54) is 12.8 Å². The van der Waals surface area contributed by atoms with Crippen LogP contribution in [-0.2, 0) is 20.0 Å². The monoisotopic (exact) mass is 284 g/mol. The second-order valence-electron chi connectivity index (χ2n) is 5.67. The lowest BCUT2D eigenvalue weighted by Crippen LogP contribution is -2.45. The summed E-state index contributed by atoms with van der Waals surface area (Å²) in [5.74, 6) is 0.776. The molecule has 0 spiro atoms. The Kier molecular flexibility index (Phi) is 4.87. The van der Waals surface area contributed by atoms with E-state index in [0.29, 0.717) is 6.04 Å². The molecule has 0 radical (unpaired) electrons. The van der Waals surface area contributed by atoms with E-state index in [2.05, 4.69) is 23.8 Å². The van der Waals surface area contributed by atoms with Crippen LogP contribution in [-0.4, -0.2) is 33.8 Å². The maximum Gasteiger partial charge on any atom is 0.0863 e. The summed E-state index contributed by atoms with van der Waals surface area (Å²) < 4.78 is 1.92. The molecule has 0 bridgehead atoms. The van der Waals surface area contributed by atoms with Gasteiger partial charge in [0, 0.05) is 26.2 Å². The van der Waals surface area contributed by atoms with Crippen LogP contribution in [0.2, 0.25) is 5.02 Å². The molecular weight excluding hydrogens is 260 g/mol. The lowest BCUT2D eigenvalue weighted by molar-refractivity contribution is 0.112. The van der Waals surface area contributed by atoms with Crippen LogP contribution in [0.25, 0.3) is 0 Å². The summed E-state index contributed by atoms with van der Waals surface area (Å²) in [5, 5.41) is 5.32. The Labute approximate surface area is 120 Å². The highest BCUT2D eigenvalue weighted by Gasteiger charge is 2.27. The summed E-state index contributed by atoms with van der Waals surface area (Å²) in [7, 11) is 1.98. The molecule has 2 unspecified atom stereocenters. The molecule has 2 atom stereocenters. The van der Waals surface area contributed by atoms with Crippen LogP contribution >= 0.6 is 11.6 Å². The minimum absolute atomic E-state index is 0.472. The van der Waals surface area contributed by atoms with Crippen molar-refractivity contribution in [3.63, 3.8) is 0 Å². The molecule has 4 nitrogen and oxygen atoms in total. The van der Waals surface area contributed by atoms with Crippen LogP contribution in [0.3, 0.4) is 0 Å². The second-order valence-corrected chi connectivity index (χ2v) is 6.05. The fraction of sp³-hybridized carbons (Fsp3) is 0.786. The van der Waals surface area contributed by atoms with Gasteiger partial charge in [-0.15, -0.1) is 0 Å². The van der Waals surface area contributed by atoms with E-state index in [4.69, 9.17) is 17.3 Å². The lowest BCUT2D eigenvalue weighted by atomic mass is 9.92. The Morgan fingerprint density at radius 3 is 2.79 bits per heavy atom. The molecule has 0 amide bonds. The molecule has 1 aromatic rings. The number of hydrogen-bond acceptors (Lipinski definition) is 3. The molecule has 1 fully saturated rings. The van der Waals surface area contributed by atoms with Crippen molar-refractivity contribution in [2.75, 3.05) is 13.1 Å². The molecule has 1 saturated heterocycles. The van der Waals surface area contributed by atoms with Crippen molar-refractivity contribution in [3.8, 4) is 0 Å². The molecule has 2 heterocycles. The normalized spacial score (nSPS) is 24.9. The molecule has 108 valence electrons. The average molecular weight is 285 g/mol. The molecule has 2 N–H and O–H groups in total. The van der Waals surface area contributed by atoms with Crippen LogP contribution in [0.4, 0.5) is 0 Å². The number of halogens is 1. The Balaban J connectivity index is 2.14. The van der Waals surface area contributed by atoms with E-state index in [-0.39, 0.29) is 0 Å². The van der Waals surface area contributed by atoms with Gasteiger partial charge in [0.25, 0.3) is 0 Å². The predicted octanol–water partition coefficient (Wildman–Crippen LogP) is 2.20. The first-order chi connectivity index (χ1) is 9.06. The molecule has 0 aliphatic carbocycles. The van der Waals surface area contributed by atoms with Crippen molar-refractivity contribution in [1.82, 2.24) is 14.7 Å². The Hall–Kier alpha value is -0.580. The lowest BCUT2D eigenvalue weighted by Gasteiger charge is -2.37. The summed E-state index contributed by atoms with van der Waals surface area (Å²) in [6, 6.07) is 0.472. The highest BCUT2D eigenvalue weighted by molar-refractivity contribution is 6.31.